The largest absolute Gasteiger partial charge is 0.369 e. The van der Waals surface area contributed by atoms with Gasteiger partial charge >= 0.3 is 0 Å². The predicted octanol–water partition coefficient (Wildman–Crippen LogP) is -1.24. The van der Waals surface area contributed by atoms with Crippen molar-refractivity contribution in [1.82, 2.24) is 15.1 Å². The van der Waals surface area contributed by atoms with Crippen LogP contribution in [0, 0.1) is 0 Å². The van der Waals surface area contributed by atoms with Gasteiger partial charge in [0.2, 0.25) is 11.8 Å². The SMILES string of the molecule is C[C@@H](C(=O)NC1CC1)N1CCN(CC(N)=O)CC1. The lowest BCUT2D eigenvalue weighted by Gasteiger charge is -2.36. The van der Waals surface area contributed by atoms with Crippen LogP contribution in [0.4, 0.5) is 0 Å². The summed E-state index contributed by atoms with van der Waals surface area (Å²) in [6.45, 7) is 5.48. The average Bonchev–Trinajstić information content (AvgIpc) is 3.12. The van der Waals surface area contributed by atoms with Crippen LogP contribution in [0.15, 0.2) is 0 Å². The van der Waals surface area contributed by atoms with Crippen LogP contribution in [-0.2, 0) is 9.59 Å². The summed E-state index contributed by atoms with van der Waals surface area (Å²) in [5.74, 6) is -0.163. The highest BCUT2D eigenvalue weighted by molar-refractivity contribution is 5.81. The summed E-state index contributed by atoms with van der Waals surface area (Å²) < 4.78 is 0. The molecule has 0 aromatic carbocycles. The van der Waals surface area contributed by atoms with Crippen LogP contribution >= 0.6 is 0 Å². The summed E-state index contributed by atoms with van der Waals surface area (Å²) >= 11 is 0. The maximum absolute atomic E-state index is 11.9. The number of nitrogens with zero attached hydrogens (tertiary/aromatic N) is 2. The van der Waals surface area contributed by atoms with Gasteiger partial charge in [-0.05, 0) is 19.8 Å². The van der Waals surface area contributed by atoms with Crippen molar-refractivity contribution in [2.75, 3.05) is 32.7 Å². The fraction of sp³-hybridized carbons (Fsp3) is 0.833. The Bertz CT molecular complexity index is 322. The average molecular weight is 254 g/mol. The first-order chi connectivity index (χ1) is 8.56. The molecule has 1 heterocycles. The molecule has 1 saturated heterocycles. The molecule has 0 bridgehead atoms. The van der Waals surface area contributed by atoms with E-state index in [2.05, 4.69) is 10.2 Å². The zero-order chi connectivity index (χ0) is 13.1. The lowest BCUT2D eigenvalue weighted by Crippen LogP contribution is -2.55. The Kier molecular flexibility index (Phi) is 4.19. The molecular weight excluding hydrogens is 232 g/mol. The molecule has 1 atom stereocenters. The molecule has 102 valence electrons. The molecule has 0 spiro atoms. The molecule has 3 N–H and O–H groups in total. The monoisotopic (exact) mass is 254 g/mol. The smallest absolute Gasteiger partial charge is 0.237 e. The topological polar surface area (TPSA) is 78.7 Å². The molecule has 1 aliphatic carbocycles. The highest BCUT2D eigenvalue weighted by Gasteiger charge is 2.29. The number of primary amides is 1. The van der Waals surface area contributed by atoms with Gasteiger partial charge in [-0.15, -0.1) is 0 Å². The van der Waals surface area contributed by atoms with Gasteiger partial charge in [0.1, 0.15) is 0 Å². The number of rotatable bonds is 5. The third kappa shape index (κ3) is 3.68. The van der Waals surface area contributed by atoms with E-state index in [4.69, 9.17) is 5.73 Å². The van der Waals surface area contributed by atoms with Crippen molar-refractivity contribution in [2.24, 2.45) is 5.73 Å². The summed E-state index contributed by atoms with van der Waals surface area (Å²) in [4.78, 5) is 26.9. The summed E-state index contributed by atoms with van der Waals surface area (Å²) in [7, 11) is 0. The van der Waals surface area contributed by atoms with Crippen LogP contribution in [0.1, 0.15) is 19.8 Å². The molecule has 0 radical (unpaired) electrons. The maximum atomic E-state index is 11.9. The van der Waals surface area contributed by atoms with Gasteiger partial charge in [0.25, 0.3) is 0 Å². The van der Waals surface area contributed by atoms with E-state index in [0.29, 0.717) is 12.6 Å². The molecule has 2 fully saturated rings. The normalized spacial score (nSPS) is 23.6. The summed E-state index contributed by atoms with van der Waals surface area (Å²) in [5, 5.41) is 3.03. The van der Waals surface area contributed by atoms with Crippen LogP contribution in [-0.4, -0.2) is 66.4 Å². The number of hydrogen-bond acceptors (Lipinski definition) is 4. The number of carbonyl (C=O) groups is 2. The second-order valence-corrected chi connectivity index (χ2v) is 5.24. The van der Waals surface area contributed by atoms with Crippen molar-refractivity contribution in [2.45, 2.75) is 31.8 Å². The van der Waals surface area contributed by atoms with Crippen LogP contribution in [0.2, 0.25) is 0 Å². The predicted molar refractivity (Wildman–Crippen MR) is 67.8 cm³/mol. The highest BCUT2D eigenvalue weighted by Crippen LogP contribution is 2.19. The zero-order valence-corrected chi connectivity index (χ0v) is 10.9. The third-order valence-corrected chi connectivity index (χ3v) is 3.64. The fourth-order valence-electron chi connectivity index (χ4n) is 2.24. The first-order valence-electron chi connectivity index (χ1n) is 6.61. The van der Waals surface area contributed by atoms with Gasteiger partial charge in [-0.1, -0.05) is 0 Å². The minimum absolute atomic E-state index is 0.0821. The second kappa shape index (κ2) is 5.67. The van der Waals surface area contributed by atoms with E-state index < -0.39 is 0 Å². The Balaban J connectivity index is 1.74. The number of hydrogen-bond donors (Lipinski definition) is 2. The van der Waals surface area contributed by atoms with E-state index in [9.17, 15) is 9.59 Å². The second-order valence-electron chi connectivity index (χ2n) is 5.24. The Morgan fingerprint density at radius 1 is 1.28 bits per heavy atom. The standard InChI is InChI=1S/C12H22N4O2/c1-9(12(18)14-10-2-3-10)16-6-4-15(5-7-16)8-11(13)17/h9-10H,2-8H2,1H3,(H2,13,17)(H,14,18)/t9-/m0/s1. The molecular formula is C12H22N4O2. The van der Waals surface area contributed by atoms with Crippen LogP contribution in [0.3, 0.4) is 0 Å². The van der Waals surface area contributed by atoms with Gasteiger partial charge in [-0.25, -0.2) is 0 Å². The van der Waals surface area contributed by atoms with E-state index in [-0.39, 0.29) is 17.9 Å². The van der Waals surface area contributed by atoms with Gasteiger partial charge in [-0.3, -0.25) is 19.4 Å². The first kappa shape index (κ1) is 13.3. The Hall–Kier alpha value is -1.14. The van der Waals surface area contributed by atoms with Gasteiger partial charge < -0.3 is 11.1 Å². The van der Waals surface area contributed by atoms with E-state index >= 15 is 0 Å². The number of nitrogens with two attached hydrogens (primary N) is 1. The van der Waals surface area contributed by atoms with Crippen LogP contribution in [0.25, 0.3) is 0 Å². The zero-order valence-electron chi connectivity index (χ0n) is 10.9. The van der Waals surface area contributed by atoms with Crippen molar-refractivity contribution in [1.29, 1.82) is 0 Å². The first-order valence-corrected chi connectivity index (χ1v) is 6.61. The van der Waals surface area contributed by atoms with Crippen molar-refractivity contribution < 1.29 is 9.59 Å². The van der Waals surface area contributed by atoms with E-state index in [1.54, 1.807) is 0 Å². The molecule has 1 saturated carbocycles. The molecule has 0 aromatic heterocycles. The fourth-order valence-corrected chi connectivity index (χ4v) is 2.24. The van der Waals surface area contributed by atoms with Crippen molar-refractivity contribution in [3.63, 3.8) is 0 Å². The molecule has 2 aliphatic rings. The van der Waals surface area contributed by atoms with E-state index in [0.717, 1.165) is 39.0 Å². The Morgan fingerprint density at radius 2 is 1.89 bits per heavy atom. The Morgan fingerprint density at radius 3 is 2.39 bits per heavy atom. The van der Waals surface area contributed by atoms with Gasteiger partial charge in [0, 0.05) is 32.2 Å². The molecule has 18 heavy (non-hydrogen) atoms. The van der Waals surface area contributed by atoms with Gasteiger partial charge in [0.05, 0.1) is 12.6 Å². The lowest BCUT2D eigenvalue weighted by molar-refractivity contribution is -0.127. The molecule has 6 heteroatoms. The molecule has 2 rings (SSSR count). The number of piperazine rings is 1. The van der Waals surface area contributed by atoms with E-state index in [1.807, 2.05) is 11.8 Å². The number of amides is 2. The summed E-state index contributed by atoms with van der Waals surface area (Å²) in [5.41, 5.74) is 5.17. The minimum atomic E-state index is -0.289. The maximum Gasteiger partial charge on any atom is 0.237 e. The molecule has 2 amide bonds. The van der Waals surface area contributed by atoms with Gasteiger partial charge in [-0.2, -0.15) is 0 Å². The van der Waals surface area contributed by atoms with E-state index in [1.165, 1.54) is 0 Å². The third-order valence-electron chi connectivity index (χ3n) is 3.64. The van der Waals surface area contributed by atoms with Crippen molar-refractivity contribution in [3.05, 3.63) is 0 Å². The molecule has 0 unspecified atom stereocenters. The number of carbonyl (C=O) groups excluding carboxylic acids is 2. The number of nitrogens with one attached hydrogen (secondary N) is 1. The highest BCUT2D eigenvalue weighted by atomic mass is 16.2. The summed E-state index contributed by atoms with van der Waals surface area (Å²) in [6.07, 6.45) is 2.23. The Labute approximate surface area is 107 Å². The van der Waals surface area contributed by atoms with Gasteiger partial charge in [0.15, 0.2) is 0 Å². The van der Waals surface area contributed by atoms with Crippen molar-refractivity contribution in [3.8, 4) is 0 Å². The van der Waals surface area contributed by atoms with Crippen LogP contribution < -0.4 is 11.1 Å². The van der Waals surface area contributed by atoms with Crippen LogP contribution in [0.5, 0.6) is 0 Å². The summed E-state index contributed by atoms with van der Waals surface area (Å²) in [6, 6.07) is 0.331. The van der Waals surface area contributed by atoms with Crippen molar-refractivity contribution >= 4 is 11.8 Å². The molecule has 6 nitrogen and oxygen atoms in total. The quantitative estimate of drug-likeness (QED) is 0.643. The molecule has 1 aliphatic heterocycles. The molecule has 0 aromatic rings. The minimum Gasteiger partial charge on any atom is -0.369 e. The lowest BCUT2D eigenvalue weighted by atomic mass is 10.2.